The fourth-order valence-corrected chi connectivity index (χ4v) is 3.58. The van der Waals surface area contributed by atoms with Crippen LogP contribution in [0.5, 0.6) is 0 Å². The predicted octanol–water partition coefficient (Wildman–Crippen LogP) is 2.90. The molecule has 1 unspecified atom stereocenters. The summed E-state index contributed by atoms with van der Waals surface area (Å²) in [6, 6.07) is 0.566. The average molecular weight is 270 g/mol. The molecule has 0 aromatic carbocycles. The van der Waals surface area contributed by atoms with Crippen LogP contribution in [0.2, 0.25) is 0 Å². The van der Waals surface area contributed by atoms with E-state index in [1.165, 1.54) is 19.3 Å². The molecule has 0 aromatic heterocycles. The van der Waals surface area contributed by atoms with Crippen molar-refractivity contribution in [2.24, 2.45) is 5.92 Å². The Balaban J connectivity index is 2.80. The van der Waals surface area contributed by atoms with Crippen molar-refractivity contribution in [1.82, 2.24) is 10.2 Å². The summed E-state index contributed by atoms with van der Waals surface area (Å²) in [5.41, 5.74) is 0.209. The number of nitrogens with one attached hydrogen (secondary N) is 1. The highest BCUT2D eigenvalue weighted by atomic mass is 16.5. The topological polar surface area (TPSA) is 24.5 Å². The Kier molecular flexibility index (Phi) is 7.33. The molecule has 1 aliphatic heterocycles. The van der Waals surface area contributed by atoms with Crippen LogP contribution in [-0.4, -0.2) is 49.3 Å². The van der Waals surface area contributed by atoms with Gasteiger partial charge in [-0.1, -0.05) is 20.8 Å². The molecule has 0 bridgehead atoms. The lowest BCUT2D eigenvalue weighted by Gasteiger charge is -2.48. The second-order valence-corrected chi connectivity index (χ2v) is 6.21. The Morgan fingerprint density at radius 3 is 2.21 bits per heavy atom. The van der Waals surface area contributed by atoms with Crippen molar-refractivity contribution >= 4 is 0 Å². The van der Waals surface area contributed by atoms with E-state index in [1.807, 2.05) is 0 Å². The summed E-state index contributed by atoms with van der Waals surface area (Å²) in [7, 11) is 0. The van der Waals surface area contributed by atoms with E-state index in [9.17, 15) is 0 Å². The Bertz CT molecular complexity index is 233. The van der Waals surface area contributed by atoms with Gasteiger partial charge in [0.2, 0.25) is 0 Å². The molecule has 1 atom stereocenters. The maximum atomic E-state index is 5.54. The van der Waals surface area contributed by atoms with Gasteiger partial charge < -0.3 is 10.1 Å². The van der Waals surface area contributed by atoms with Gasteiger partial charge in [0.05, 0.1) is 0 Å². The molecule has 0 aromatic rings. The largest absolute Gasteiger partial charge is 0.381 e. The quantitative estimate of drug-likeness (QED) is 0.734. The highest BCUT2D eigenvalue weighted by molar-refractivity contribution is 4.97. The van der Waals surface area contributed by atoms with E-state index in [0.717, 1.165) is 38.8 Å². The maximum absolute atomic E-state index is 5.54. The lowest BCUT2D eigenvalue weighted by molar-refractivity contribution is 0.00867. The predicted molar refractivity (Wildman–Crippen MR) is 82.6 cm³/mol. The van der Waals surface area contributed by atoms with E-state index < -0.39 is 0 Å². The summed E-state index contributed by atoms with van der Waals surface area (Å²) in [6.07, 6.45) is 3.60. The van der Waals surface area contributed by atoms with Crippen molar-refractivity contribution < 1.29 is 4.74 Å². The standard InChI is InChI=1S/C16H34N2O/c1-6-11-17-15(14-9-12-19-13-10-14)16(4,5)18(7-2)8-3/h14-15,17H,6-13H2,1-5H3. The molecule has 1 fully saturated rings. The summed E-state index contributed by atoms with van der Waals surface area (Å²) in [6.45, 7) is 16.8. The first-order valence-electron chi connectivity index (χ1n) is 8.14. The van der Waals surface area contributed by atoms with Crippen LogP contribution in [0.1, 0.15) is 53.9 Å². The Labute approximate surface area is 120 Å². The van der Waals surface area contributed by atoms with E-state index in [0.29, 0.717) is 6.04 Å². The fraction of sp³-hybridized carbons (Fsp3) is 1.00. The van der Waals surface area contributed by atoms with Gasteiger partial charge in [0, 0.05) is 24.8 Å². The molecular weight excluding hydrogens is 236 g/mol. The summed E-state index contributed by atoms with van der Waals surface area (Å²) in [5.74, 6) is 0.746. The van der Waals surface area contributed by atoms with E-state index in [-0.39, 0.29) is 5.54 Å². The van der Waals surface area contributed by atoms with Crippen molar-refractivity contribution in [3.05, 3.63) is 0 Å². The normalized spacial score (nSPS) is 19.9. The average Bonchev–Trinajstić information content (AvgIpc) is 2.41. The summed E-state index contributed by atoms with van der Waals surface area (Å²) >= 11 is 0. The zero-order chi connectivity index (χ0) is 14.3. The minimum atomic E-state index is 0.209. The molecule has 1 saturated heterocycles. The minimum Gasteiger partial charge on any atom is -0.381 e. The number of hydrogen-bond acceptors (Lipinski definition) is 3. The Morgan fingerprint density at radius 2 is 1.74 bits per heavy atom. The monoisotopic (exact) mass is 270 g/mol. The molecule has 3 heteroatoms. The first kappa shape index (κ1) is 16.9. The molecular formula is C16H34N2O. The third-order valence-corrected chi connectivity index (χ3v) is 4.69. The van der Waals surface area contributed by atoms with Crippen molar-refractivity contribution in [3.63, 3.8) is 0 Å². The first-order valence-corrected chi connectivity index (χ1v) is 8.14. The highest BCUT2D eigenvalue weighted by Gasteiger charge is 2.38. The fourth-order valence-electron chi connectivity index (χ4n) is 3.58. The number of hydrogen-bond donors (Lipinski definition) is 1. The zero-order valence-electron chi connectivity index (χ0n) is 13.7. The van der Waals surface area contributed by atoms with Crippen molar-refractivity contribution in [1.29, 1.82) is 0 Å². The number of likely N-dealkylation sites (N-methyl/N-ethyl adjacent to an activating group) is 1. The second-order valence-electron chi connectivity index (χ2n) is 6.21. The van der Waals surface area contributed by atoms with Crippen LogP contribution < -0.4 is 5.32 Å². The van der Waals surface area contributed by atoms with Gasteiger partial charge in [-0.25, -0.2) is 0 Å². The van der Waals surface area contributed by atoms with Gasteiger partial charge in [-0.2, -0.15) is 0 Å². The van der Waals surface area contributed by atoms with Crippen LogP contribution in [0, 0.1) is 5.92 Å². The van der Waals surface area contributed by atoms with Crippen LogP contribution in [0.25, 0.3) is 0 Å². The van der Waals surface area contributed by atoms with Gasteiger partial charge in [-0.15, -0.1) is 0 Å². The number of rotatable bonds is 8. The first-order chi connectivity index (χ1) is 9.07. The summed E-state index contributed by atoms with van der Waals surface area (Å²) < 4.78 is 5.54. The molecule has 1 heterocycles. The highest BCUT2D eigenvalue weighted by Crippen LogP contribution is 2.30. The second kappa shape index (κ2) is 8.23. The molecule has 114 valence electrons. The van der Waals surface area contributed by atoms with Gasteiger partial charge in [0.25, 0.3) is 0 Å². The van der Waals surface area contributed by atoms with Crippen LogP contribution in [0.4, 0.5) is 0 Å². The molecule has 1 aliphatic rings. The SMILES string of the molecule is CCCNC(C1CCOCC1)C(C)(C)N(CC)CC. The molecule has 1 N–H and O–H groups in total. The lowest BCUT2D eigenvalue weighted by Crippen LogP contribution is -2.61. The van der Waals surface area contributed by atoms with Gasteiger partial charge >= 0.3 is 0 Å². The molecule has 0 saturated carbocycles. The Morgan fingerprint density at radius 1 is 1.16 bits per heavy atom. The summed E-state index contributed by atoms with van der Waals surface area (Å²) in [5, 5.41) is 3.83. The number of ether oxygens (including phenoxy) is 1. The third-order valence-electron chi connectivity index (χ3n) is 4.69. The maximum Gasteiger partial charge on any atom is 0.0469 e. The molecule has 0 amide bonds. The summed E-state index contributed by atoms with van der Waals surface area (Å²) in [4.78, 5) is 2.59. The van der Waals surface area contributed by atoms with E-state index >= 15 is 0 Å². The molecule has 3 nitrogen and oxygen atoms in total. The molecule has 0 aliphatic carbocycles. The molecule has 19 heavy (non-hydrogen) atoms. The smallest absolute Gasteiger partial charge is 0.0469 e. The molecule has 1 rings (SSSR count). The van der Waals surface area contributed by atoms with E-state index in [1.54, 1.807) is 0 Å². The van der Waals surface area contributed by atoms with Gasteiger partial charge in [-0.05, 0) is 58.7 Å². The molecule has 0 spiro atoms. The lowest BCUT2D eigenvalue weighted by atomic mass is 9.79. The van der Waals surface area contributed by atoms with Gasteiger partial charge in [0.15, 0.2) is 0 Å². The van der Waals surface area contributed by atoms with Crippen LogP contribution in [0.3, 0.4) is 0 Å². The Hall–Kier alpha value is -0.120. The van der Waals surface area contributed by atoms with Gasteiger partial charge in [-0.3, -0.25) is 4.90 Å². The van der Waals surface area contributed by atoms with E-state index in [2.05, 4.69) is 44.8 Å². The van der Waals surface area contributed by atoms with Crippen LogP contribution in [-0.2, 0) is 4.74 Å². The van der Waals surface area contributed by atoms with Crippen molar-refractivity contribution in [2.45, 2.75) is 65.5 Å². The van der Waals surface area contributed by atoms with Crippen molar-refractivity contribution in [3.8, 4) is 0 Å². The third kappa shape index (κ3) is 4.44. The van der Waals surface area contributed by atoms with Crippen LogP contribution in [0.15, 0.2) is 0 Å². The van der Waals surface area contributed by atoms with Crippen LogP contribution >= 0.6 is 0 Å². The zero-order valence-corrected chi connectivity index (χ0v) is 13.7. The van der Waals surface area contributed by atoms with Gasteiger partial charge in [0.1, 0.15) is 0 Å². The van der Waals surface area contributed by atoms with E-state index in [4.69, 9.17) is 4.74 Å². The number of nitrogens with zero attached hydrogens (tertiary/aromatic N) is 1. The van der Waals surface area contributed by atoms with Crippen molar-refractivity contribution in [2.75, 3.05) is 32.8 Å². The molecule has 0 radical (unpaired) electrons. The minimum absolute atomic E-state index is 0.209.